The summed E-state index contributed by atoms with van der Waals surface area (Å²) in [6, 6.07) is 8.90. The van der Waals surface area contributed by atoms with Crippen molar-refractivity contribution < 1.29 is 9.26 Å². The Bertz CT molecular complexity index is 934. The zero-order valence-electron chi connectivity index (χ0n) is 16.5. The lowest BCUT2D eigenvalue weighted by molar-refractivity contribution is 0.0781. The molecule has 2 N–H and O–H groups in total. The van der Waals surface area contributed by atoms with Crippen LogP contribution >= 0.6 is 0 Å². The van der Waals surface area contributed by atoms with Gasteiger partial charge in [-0.1, -0.05) is 16.8 Å². The number of nitrogens with zero attached hydrogens (tertiary/aromatic N) is 3. The maximum Gasteiger partial charge on any atom is 0.261 e. The number of aryl methyl sites for hydroxylation is 2. The standard InChI is InChI=1S/C21H27N5O2/c1-14-4-5-19-16(12-14)13-18(21-24-15(2)26-28-21)20(25-19)23-9-3-8-22-17-6-10-27-11-7-17/h4-5,12-13,17,22H,3,6-11H2,1-2H3,(H,23,25). The molecule has 0 unspecified atom stereocenters. The molecule has 28 heavy (non-hydrogen) atoms. The summed E-state index contributed by atoms with van der Waals surface area (Å²) in [5.74, 6) is 1.90. The van der Waals surface area contributed by atoms with E-state index < -0.39 is 0 Å². The summed E-state index contributed by atoms with van der Waals surface area (Å²) >= 11 is 0. The van der Waals surface area contributed by atoms with E-state index in [-0.39, 0.29) is 0 Å². The van der Waals surface area contributed by atoms with Gasteiger partial charge in [0, 0.05) is 31.2 Å². The number of ether oxygens (including phenoxy) is 1. The van der Waals surface area contributed by atoms with Gasteiger partial charge in [0.15, 0.2) is 5.82 Å². The van der Waals surface area contributed by atoms with Crippen LogP contribution in [-0.2, 0) is 4.74 Å². The van der Waals surface area contributed by atoms with Crippen LogP contribution in [0.4, 0.5) is 5.82 Å². The van der Waals surface area contributed by atoms with Crippen molar-refractivity contribution in [1.29, 1.82) is 0 Å². The van der Waals surface area contributed by atoms with Crippen LogP contribution in [0, 0.1) is 13.8 Å². The smallest absolute Gasteiger partial charge is 0.261 e. The van der Waals surface area contributed by atoms with Crippen LogP contribution in [-0.4, -0.2) is 47.5 Å². The van der Waals surface area contributed by atoms with Crippen LogP contribution in [0.2, 0.25) is 0 Å². The van der Waals surface area contributed by atoms with Gasteiger partial charge in [0.25, 0.3) is 5.89 Å². The largest absolute Gasteiger partial charge is 0.381 e. The highest BCUT2D eigenvalue weighted by Gasteiger charge is 2.15. The molecule has 0 radical (unpaired) electrons. The van der Waals surface area contributed by atoms with E-state index in [1.54, 1.807) is 0 Å². The summed E-state index contributed by atoms with van der Waals surface area (Å²) < 4.78 is 10.8. The maximum atomic E-state index is 5.41. The van der Waals surface area contributed by atoms with Crippen LogP contribution in [0.3, 0.4) is 0 Å². The van der Waals surface area contributed by atoms with Crippen molar-refractivity contribution in [2.75, 3.05) is 31.6 Å². The molecule has 0 aliphatic carbocycles. The Morgan fingerprint density at radius 3 is 2.71 bits per heavy atom. The third kappa shape index (κ3) is 4.48. The van der Waals surface area contributed by atoms with E-state index >= 15 is 0 Å². The van der Waals surface area contributed by atoms with E-state index in [9.17, 15) is 0 Å². The number of pyridine rings is 1. The van der Waals surface area contributed by atoms with E-state index in [2.05, 4.69) is 45.9 Å². The normalized spacial score (nSPS) is 15.2. The Balaban J connectivity index is 1.46. The summed E-state index contributed by atoms with van der Waals surface area (Å²) in [4.78, 5) is 9.21. The molecule has 7 heteroatoms. The summed E-state index contributed by atoms with van der Waals surface area (Å²) in [6.45, 7) is 7.42. The molecule has 0 spiro atoms. The van der Waals surface area contributed by atoms with Crippen LogP contribution < -0.4 is 10.6 Å². The fourth-order valence-corrected chi connectivity index (χ4v) is 3.50. The predicted molar refractivity (Wildman–Crippen MR) is 109 cm³/mol. The molecular weight excluding hydrogens is 354 g/mol. The van der Waals surface area contributed by atoms with Gasteiger partial charge in [0.05, 0.1) is 11.1 Å². The monoisotopic (exact) mass is 381 g/mol. The number of fused-ring (bicyclic) bond motifs is 1. The van der Waals surface area contributed by atoms with Gasteiger partial charge in [-0.3, -0.25) is 0 Å². The van der Waals surface area contributed by atoms with Crippen molar-refractivity contribution in [2.24, 2.45) is 0 Å². The molecule has 1 aliphatic heterocycles. The van der Waals surface area contributed by atoms with Crippen molar-refractivity contribution in [3.63, 3.8) is 0 Å². The minimum Gasteiger partial charge on any atom is -0.381 e. The molecule has 148 valence electrons. The highest BCUT2D eigenvalue weighted by molar-refractivity contribution is 5.88. The van der Waals surface area contributed by atoms with Crippen LogP contribution in [0.15, 0.2) is 28.8 Å². The highest BCUT2D eigenvalue weighted by Crippen LogP contribution is 2.29. The molecule has 0 bridgehead atoms. The van der Waals surface area contributed by atoms with Gasteiger partial charge in [-0.15, -0.1) is 0 Å². The van der Waals surface area contributed by atoms with Gasteiger partial charge in [-0.05, 0) is 57.9 Å². The molecule has 2 aromatic heterocycles. The van der Waals surface area contributed by atoms with Gasteiger partial charge in [0.1, 0.15) is 5.82 Å². The molecule has 7 nitrogen and oxygen atoms in total. The van der Waals surface area contributed by atoms with E-state index in [0.29, 0.717) is 17.8 Å². The van der Waals surface area contributed by atoms with Gasteiger partial charge in [0.2, 0.25) is 0 Å². The number of anilines is 1. The highest BCUT2D eigenvalue weighted by atomic mass is 16.5. The third-order valence-corrected chi connectivity index (χ3v) is 5.03. The van der Waals surface area contributed by atoms with E-state index in [4.69, 9.17) is 14.2 Å². The van der Waals surface area contributed by atoms with Crippen molar-refractivity contribution >= 4 is 16.7 Å². The van der Waals surface area contributed by atoms with Crippen LogP contribution in [0.25, 0.3) is 22.4 Å². The second kappa shape index (κ2) is 8.67. The molecule has 4 rings (SSSR count). The summed E-state index contributed by atoms with van der Waals surface area (Å²) in [7, 11) is 0. The van der Waals surface area contributed by atoms with Gasteiger partial charge in [-0.2, -0.15) is 4.98 Å². The second-order valence-electron chi connectivity index (χ2n) is 7.35. The van der Waals surface area contributed by atoms with Crippen molar-refractivity contribution in [2.45, 2.75) is 39.2 Å². The average molecular weight is 381 g/mol. The molecule has 0 saturated carbocycles. The molecule has 3 aromatic rings. The lowest BCUT2D eigenvalue weighted by atomic mass is 10.1. The fourth-order valence-electron chi connectivity index (χ4n) is 3.50. The van der Waals surface area contributed by atoms with Crippen molar-refractivity contribution in [1.82, 2.24) is 20.4 Å². The zero-order chi connectivity index (χ0) is 19.3. The molecule has 1 aromatic carbocycles. The first-order valence-electron chi connectivity index (χ1n) is 9.96. The second-order valence-corrected chi connectivity index (χ2v) is 7.35. The quantitative estimate of drug-likeness (QED) is 0.606. The number of hydrogen-bond donors (Lipinski definition) is 2. The maximum absolute atomic E-state index is 5.41. The van der Waals surface area contributed by atoms with Gasteiger partial charge >= 0.3 is 0 Å². The van der Waals surface area contributed by atoms with Gasteiger partial charge < -0.3 is 19.9 Å². The number of benzene rings is 1. The Hall–Kier alpha value is -2.51. The molecule has 0 atom stereocenters. The molecule has 3 heterocycles. The average Bonchev–Trinajstić information content (AvgIpc) is 3.14. The van der Waals surface area contributed by atoms with Crippen LogP contribution in [0.1, 0.15) is 30.7 Å². The van der Waals surface area contributed by atoms with E-state index in [1.165, 1.54) is 5.56 Å². The van der Waals surface area contributed by atoms with Crippen LogP contribution in [0.5, 0.6) is 0 Å². The molecule has 1 saturated heterocycles. The molecule has 1 fully saturated rings. The van der Waals surface area contributed by atoms with Crippen molar-refractivity contribution in [3.8, 4) is 11.5 Å². The number of aromatic nitrogens is 3. The fraction of sp³-hybridized carbons (Fsp3) is 0.476. The lowest BCUT2D eigenvalue weighted by Gasteiger charge is -2.23. The van der Waals surface area contributed by atoms with Gasteiger partial charge in [-0.25, -0.2) is 4.98 Å². The minimum absolute atomic E-state index is 0.497. The Morgan fingerprint density at radius 2 is 1.93 bits per heavy atom. The number of nitrogens with one attached hydrogen (secondary N) is 2. The summed E-state index contributed by atoms with van der Waals surface area (Å²) in [5, 5.41) is 12.1. The van der Waals surface area contributed by atoms with E-state index in [0.717, 1.165) is 67.8 Å². The van der Waals surface area contributed by atoms with Crippen molar-refractivity contribution in [3.05, 3.63) is 35.7 Å². The predicted octanol–water partition coefficient (Wildman–Crippen LogP) is 3.47. The SMILES string of the molecule is Cc1ccc2nc(NCCCNC3CCOCC3)c(-c3nc(C)no3)cc2c1. The molecular formula is C21H27N5O2. The zero-order valence-corrected chi connectivity index (χ0v) is 16.5. The number of rotatable bonds is 7. The number of hydrogen-bond acceptors (Lipinski definition) is 7. The minimum atomic E-state index is 0.497. The van der Waals surface area contributed by atoms with E-state index in [1.807, 2.05) is 13.0 Å². The topological polar surface area (TPSA) is 85.1 Å². The first kappa shape index (κ1) is 18.8. The molecule has 0 amide bonds. The Kier molecular flexibility index (Phi) is 5.83. The Morgan fingerprint density at radius 1 is 1.07 bits per heavy atom. The first-order chi connectivity index (χ1) is 13.7. The lowest BCUT2D eigenvalue weighted by Crippen LogP contribution is -2.35. The third-order valence-electron chi connectivity index (χ3n) is 5.03. The molecule has 1 aliphatic rings. The first-order valence-corrected chi connectivity index (χ1v) is 9.96. The Labute approximate surface area is 164 Å². The summed E-state index contributed by atoms with van der Waals surface area (Å²) in [5.41, 5.74) is 2.99. The summed E-state index contributed by atoms with van der Waals surface area (Å²) in [6.07, 6.45) is 3.20.